The summed E-state index contributed by atoms with van der Waals surface area (Å²) in [4.78, 5) is 18.3. The van der Waals surface area contributed by atoms with Crippen molar-refractivity contribution in [2.24, 2.45) is 0 Å². The minimum Gasteiger partial charge on any atom is -0.455 e. The first-order chi connectivity index (χ1) is 31.1. The van der Waals surface area contributed by atoms with Crippen LogP contribution < -0.4 is 0 Å². The molecule has 0 aliphatic heterocycles. The van der Waals surface area contributed by atoms with Crippen molar-refractivity contribution >= 4 is 71.2 Å². The Kier molecular flexibility index (Phi) is 7.83. The predicted octanol–water partition coefficient (Wildman–Crippen LogP) is 13.3. The van der Waals surface area contributed by atoms with Gasteiger partial charge in [0.15, 0.2) is 17.5 Å². The van der Waals surface area contributed by atoms with Crippen LogP contribution in [0, 0.1) is 29.2 Å². The smallest absolute Gasteiger partial charge is 0.204 e. The Morgan fingerprint density at radius 3 is 1.49 bits per heavy atom. The second-order valence-electron chi connectivity index (χ2n) is 15.3. The molecule has 12 rings (SSSR count). The van der Waals surface area contributed by atoms with E-state index in [1.54, 1.807) is 24.3 Å². The molecule has 9 nitrogen and oxygen atoms in total. The van der Waals surface area contributed by atoms with Gasteiger partial charge in [-0.25, -0.2) is 19.8 Å². The molecule has 290 valence electrons. The summed E-state index contributed by atoms with van der Waals surface area (Å²) < 4.78 is 11.5. The van der Waals surface area contributed by atoms with E-state index >= 15 is 0 Å². The molecule has 0 aliphatic carbocycles. The first-order valence-corrected chi connectivity index (χ1v) is 20.3. The highest BCUT2D eigenvalue weighted by molar-refractivity contribution is 6.29. The fourth-order valence-electron chi connectivity index (χ4n) is 9.01. The van der Waals surface area contributed by atoms with Gasteiger partial charge < -0.3 is 13.6 Å². The largest absolute Gasteiger partial charge is 0.455 e. The quantitative estimate of drug-likeness (QED) is 0.160. The zero-order valence-corrected chi connectivity index (χ0v) is 33.2. The molecule has 0 N–H and O–H groups in total. The van der Waals surface area contributed by atoms with E-state index in [2.05, 4.69) is 98.9 Å². The third-order valence-electron chi connectivity index (χ3n) is 11.9. The van der Waals surface area contributed by atoms with E-state index in [1.807, 2.05) is 72.8 Å². The van der Waals surface area contributed by atoms with Gasteiger partial charge in [0, 0.05) is 49.6 Å². The summed E-state index contributed by atoms with van der Waals surface area (Å²) in [6, 6.07) is 60.4. The Balaban J connectivity index is 1.02. The van der Waals surface area contributed by atoms with Crippen LogP contribution in [0.5, 0.6) is 0 Å². The predicted molar refractivity (Wildman–Crippen MR) is 248 cm³/mol. The van der Waals surface area contributed by atoms with Gasteiger partial charge in [0.1, 0.15) is 11.2 Å². The molecule has 4 aromatic heterocycles. The van der Waals surface area contributed by atoms with Gasteiger partial charge in [0.2, 0.25) is 5.69 Å². The molecule has 0 saturated heterocycles. The number of benzene rings is 8. The summed E-state index contributed by atoms with van der Waals surface area (Å²) in [7, 11) is 0. The Hall–Kier alpha value is -9.36. The Bertz CT molecular complexity index is 3990. The van der Waals surface area contributed by atoms with E-state index in [1.165, 1.54) is 0 Å². The van der Waals surface area contributed by atoms with Gasteiger partial charge in [0.25, 0.3) is 0 Å². The highest BCUT2D eigenvalue weighted by Crippen LogP contribution is 2.45. The molecule has 0 unspecified atom stereocenters. The minimum atomic E-state index is 0.329. The monoisotopic (exact) mass is 804 g/mol. The molecule has 0 radical (unpaired) electrons. The molecule has 0 fully saturated rings. The van der Waals surface area contributed by atoms with Crippen LogP contribution in [-0.2, 0) is 0 Å². The molecule has 12 aromatic rings. The van der Waals surface area contributed by atoms with Gasteiger partial charge in [-0.1, -0.05) is 72.8 Å². The number of nitrogens with zero attached hydrogens (tertiary/aromatic N) is 8. The third kappa shape index (κ3) is 5.43. The molecule has 0 atom stereocenters. The molecule has 0 amide bonds. The highest BCUT2D eigenvalue weighted by atomic mass is 16.3. The number of aromatic nitrogens is 5. The average molecular weight is 805 g/mol. The SMILES string of the molecule is [C-]#[N+]c1ccc(-n2c3ccccc3c3c4oc5c(ccc6c5c5ccccc5n6-c5ccc(-c6nc(-c7ccccc7)nc(-c7ccc(C#N)cc7)n6)cc5)c4ccc32)cc1C#N. The van der Waals surface area contributed by atoms with E-state index in [4.69, 9.17) is 25.9 Å². The molecular weight excluding hydrogens is 777 g/mol. The lowest BCUT2D eigenvalue weighted by atomic mass is 10.1. The van der Waals surface area contributed by atoms with Crippen molar-refractivity contribution in [2.75, 3.05) is 0 Å². The van der Waals surface area contributed by atoms with Crippen molar-refractivity contribution in [2.45, 2.75) is 0 Å². The molecule has 0 bridgehead atoms. The van der Waals surface area contributed by atoms with Gasteiger partial charge in [0.05, 0.1) is 62.7 Å². The molecular formula is C54H28N8O. The normalized spacial score (nSPS) is 11.4. The standard InChI is InChI=1S/C54H28N8O/c1-57-43-26-23-38(29-36(43)31-56)62-45-14-8-6-12-42(45)49-47(62)28-25-40-39-24-27-46-48(50(39)63-51(40)49)41-11-5-7-13-44(41)61(46)37-21-19-35(20-22-37)54-59-52(33-9-3-2-4-10-33)58-53(60-54)34-17-15-32(30-55)16-18-34/h2-29H. The highest BCUT2D eigenvalue weighted by Gasteiger charge is 2.23. The van der Waals surface area contributed by atoms with Crippen LogP contribution in [-0.4, -0.2) is 24.1 Å². The van der Waals surface area contributed by atoms with E-state index < -0.39 is 0 Å². The molecule has 9 heteroatoms. The zero-order chi connectivity index (χ0) is 42.2. The molecule has 8 aromatic carbocycles. The minimum absolute atomic E-state index is 0.329. The van der Waals surface area contributed by atoms with E-state index in [0.717, 1.165) is 93.6 Å². The summed E-state index contributed by atoms with van der Waals surface area (Å²) >= 11 is 0. The third-order valence-corrected chi connectivity index (χ3v) is 11.9. The van der Waals surface area contributed by atoms with Crippen LogP contribution in [0.15, 0.2) is 174 Å². The number of nitriles is 2. The van der Waals surface area contributed by atoms with Gasteiger partial charge in [-0.3, -0.25) is 0 Å². The number of rotatable bonds is 5. The second kappa shape index (κ2) is 13.9. The molecule has 4 heterocycles. The maximum atomic E-state index is 9.89. The lowest BCUT2D eigenvalue weighted by Gasteiger charge is -2.11. The summed E-state index contributed by atoms with van der Waals surface area (Å²) in [6.45, 7) is 7.55. The molecule has 0 saturated carbocycles. The van der Waals surface area contributed by atoms with Crippen LogP contribution in [0.25, 0.3) is 116 Å². The van der Waals surface area contributed by atoms with Crippen molar-refractivity contribution in [1.29, 1.82) is 10.5 Å². The van der Waals surface area contributed by atoms with Gasteiger partial charge in [-0.15, -0.1) is 0 Å². The lowest BCUT2D eigenvalue weighted by molar-refractivity contribution is 0.677. The maximum Gasteiger partial charge on any atom is 0.204 e. The number of fused-ring (bicyclic) bond motifs is 11. The fourth-order valence-corrected chi connectivity index (χ4v) is 9.01. The summed E-state index contributed by atoms with van der Waals surface area (Å²) in [5.74, 6) is 1.63. The van der Waals surface area contributed by atoms with E-state index in [-0.39, 0.29) is 0 Å². The van der Waals surface area contributed by atoms with Gasteiger partial charge in [-0.2, -0.15) is 10.5 Å². The topological polar surface area (TPSA) is 114 Å². The Morgan fingerprint density at radius 2 is 0.952 bits per heavy atom. The number of hydrogen-bond acceptors (Lipinski definition) is 6. The summed E-state index contributed by atoms with van der Waals surface area (Å²) in [6.07, 6.45) is 0. The van der Waals surface area contributed by atoms with E-state index in [9.17, 15) is 10.5 Å². The second-order valence-corrected chi connectivity index (χ2v) is 15.3. The average Bonchev–Trinajstić information content (AvgIpc) is 4.02. The number of furan rings is 1. The summed E-state index contributed by atoms with van der Waals surface area (Å²) in [5.41, 5.74) is 11.1. The van der Waals surface area contributed by atoms with Crippen LogP contribution in [0.4, 0.5) is 5.69 Å². The van der Waals surface area contributed by atoms with Crippen molar-refractivity contribution in [3.8, 4) is 57.7 Å². The van der Waals surface area contributed by atoms with Crippen LogP contribution in [0.2, 0.25) is 0 Å². The molecule has 0 spiro atoms. The van der Waals surface area contributed by atoms with Crippen LogP contribution >= 0.6 is 0 Å². The van der Waals surface area contributed by atoms with E-state index in [0.29, 0.717) is 34.3 Å². The number of hydrogen-bond donors (Lipinski definition) is 0. The Morgan fingerprint density at radius 1 is 0.460 bits per heavy atom. The van der Waals surface area contributed by atoms with Crippen molar-refractivity contribution < 1.29 is 4.42 Å². The van der Waals surface area contributed by atoms with Gasteiger partial charge >= 0.3 is 0 Å². The van der Waals surface area contributed by atoms with Crippen molar-refractivity contribution in [3.05, 3.63) is 192 Å². The Labute approximate surface area is 359 Å². The fraction of sp³-hybridized carbons (Fsp3) is 0. The van der Waals surface area contributed by atoms with Crippen LogP contribution in [0.1, 0.15) is 11.1 Å². The van der Waals surface area contributed by atoms with Crippen molar-refractivity contribution in [3.63, 3.8) is 0 Å². The van der Waals surface area contributed by atoms with Crippen LogP contribution in [0.3, 0.4) is 0 Å². The van der Waals surface area contributed by atoms with Gasteiger partial charge in [-0.05, 0) is 97.1 Å². The first kappa shape index (κ1) is 35.6. The number of para-hydroxylation sites is 2. The first-order valence-electron chi connectivity index (χ1n) is 20.3. The maximum absolute atomic E-state index is 9.89. The zero-order valence-electron chi connectivity index (χ0n) is 33.2. The lowest BCUT2D eigenvalue weighted by Crippen LogP contribution is -2.00. The molecule has 0 aliphatic rings. The summed E-state index contributed by atoms with van der Waals surface area (Å²) in [5, 5.41) is 25.4. The molecule has 63 heavy (non-hydrogen) atoms. The van der Waals surface area contributed by atoms with Crippen molar-refractivity contribution in [1.82, 2.24) is 24.1 Å².